The highest BCUT2D eigenvalue weighted by atomic mass is 35.5. The van der Waals surface area contributed by atoms with Crippen molar-refractivity contribution in [3.63, 3.8) is 0 Å². The predicted molar refractivity (Wildman–Crippen MR) is 133 cm³/mol. The van der Waals surface area contributed by atoms with E-state index in [1.54, 1.807) is 17.8 Å². The number of methoxy groups -OCH3 is 1. The van der Waals surface area contributed by atoms with Gasteiger partial charge in [-0.15, -0.1) is 5.10 Å². The molecule has 4 rings (SSSR count). The maximum absolute atomic E-state index is 12.1. The first-order chi connectivity index (χ1) is 16.0. The van der Waals surface area contributed by atoms with Crippen molar-refractivity contribution in [1.82, 2.24) is 14.5 Å². The van der Waals surface area contributed by atoms with E-state index in [1.807, 2.05) is 36.4 Å². The minimum Gasteiger partial charge on any atom is -0.497 e. The zero-order valence-electron chi connectivity index (χ0n) is 18.6. The maximum atomic E-state index is 12.1. The van der Waals surface area contributed by atoms with Gasteiger partial charge in [0.25, 0.3) is 0 Å². The number of benzene rings is 1. The summed E-state index contributed by atoms with van der Waals surface area (Å²) in [7, 11) is 1.62. The minimum absolute atomic E-state index is 0.502. The number of pyridine rings is 1. The molecule has 0 spiro atoms. The molecule has 1 aliphatic rings. The number of fused-ring (bicyclic) bond motifs is 1. The number of piperazine rings is 1. The molecule has 2 N–H and O–H groups in total. The Labute approximate surface area is 203 Å². The lowest BCUT2D eigenvalue weighted by molar-refractivity contribution is 0.249. The van der Waals surface area contributed by atoms with Gasteiger partial charge in [0.15, 0.2) is 5.82 Å². The Morgan fingerprint density at radius 1 is 1.15 bits per heavy atom. The quantitative estimate of drug-likeness (QED) is 0.480. The Kier molecular flexibility index (Phi) is 7.47. The van der Waals surface area contributed by atoms with Gasteiger partial charge < -0.3 is 15.4 Å². The summed E-state index contributed by atoms with van der Waals surface area (Å²) < 4.78 is 6.96. The molecule has 176 valence electrons. The molecule has 1 fully saturated rings. The fraction of sp³-hybridized carbons (Fsp3) is 0.391. The highest BCUT2D eigenvalue weighted by Crippen LogP contribution is 2.32. The van der Waals surface area contributed by atoms with Gasteiger partial charge in [-0.3, -0.25) is 9.80 Å². The summed E-state index contributed by atoms with van der Waals surface area (Å²) in [5.41, 5.74) is 7.47. The summed E-state index contributed by atoms with van der Waals surface area (Å²) in [4.78, 5) is 18.3. The summed E-state index contributed by atoms with van der Waals surface area (Å²) in [6, 6.07) is 10.8. The number of anilines is 2. The van der Waals surface area contributed by atoms with Crippen molar-refractivity contribution in [2.45, 2.75) is 12.8 Å². The third-order valence-electron chi connectivity index (χ3n) is 5.95. The van der Waals surface area contributed by atoms with Gasteiger partial charge in [-0.1, -0.05) is 29.3 Å². The number of rotatable bonds is 8. The van der Waals surface area contributed by atoms with Crippen LogP contribution in [-0.2, 0) is 0 Å². The first-order valence-electron chi connectivity index (χ1n) is 11.0. The Morgan fingerprint density at radius 3 is 2.67 bits per heavy atom. The van der Waals surface area contributed by atoms with E-state index in [-0.39, 0.29) is 0 Å². The second-order valence-electron chi connectivity index (χ2n) is 8.04. The molecule has 33 heavy (non-hydrogen) atoms. The van der Waals surface area contributed by atoms with E-state index in [0.29, 0.717) is 22.4 Å². The maximum Gasteiger partial charge on any atom is 0.320 e. The van der Waals surface area contributed by atoms with Crippen LogP contribution < -0.4 is 20.3 Å². The normalized spacial score (nSPS) is 14.6. The fourth-order valence-electron chi connectivity index (χ4n) is 4.11. The minimum atomic E-state index is -0.502. The molecule has 2 aromatic heterocycles. The third-order valence-corrected chi connectivity index (χ3v) is 6.76. The van der Waals surface area contributed by atoms with Gasteiger partial charge in [0, 0.05) is 51.1 Å². The van der Waals surface area contributed by atoms with Crippen molar-refractivity contribution in [2.75, 3.05) is 56.2 Å². The van der Waals surface area contributed by atoms with Crippen LogP contribution >= 0.6 is 23.2 Å². The summed E-state index contributed by atoms with van der Waals surface area (Å²) in [6.07, 6.45) is 3.59. The lowest BCUT2D eigenvalue weighted by Gasteiger charge is -2.36. The number of nitrogens with two attached hydrogens (primary N) is 1. The Hall–Kier alpha value is -2.68. The van der Waals surface area contributed by atoms with Gasteiger partial charge >= 0.3 is 6.03 Å². The van der Waals surface area contributed by atoms with Crippen LogP contribution in [0.5, 0.6) is 5.75 Å². The molecule has 0 unspecified atom stereocenters. The molecule has 0 radical (unpaired) electrons. The number of aromatic nitrogens is 2. The standard InChI is InChI=1S/C23H28Cl2N6O2/c1-33-18-7-10-31-17(15-18)16-21(27-31)30(23(26)32)9-3-2-8-28-11-13-29(14-12-28)20-6-4-5-19(24)22(20)25/h4-7,10,15-16H,2-3,8-9,11-14H2,1H3,(H2,26,32). The van der Waals surface area contributed by atoms with Crippen molar-refractivity contribution >= 4 is 46.3 Å². The van der Waals surface area contributed by atoms with Crippen molar-refractivity contribution in [3.8, 4) is 5.75 Å². The largest absolute Gasteiger partial charge is 0.497 e. The topological polar surface area (TPSA) is 79.3 Å². The molecule has 0 bridgehead atoms. The monoisotopic (exact) mass is 490 g/mol. The van der Waals surface area contributed by atoms with E-state index in [1.165, 1.54) is 4.90 Å². The van der Waals surface area contributed by atoms with Crippen LogP contribution in [0.1, 0.15) is 12.8 Å². The fourth-order valence-corrected chi connectivity index (χ4v) is 4.53. The number of urea groups is 1. The highest BCUT2D eigenvalue weighted by Gasteiger charge is 2.20. The second-order valence-corrected chi connectivity index (χ2v) is 8.82. The molecule has 8 nitrogen and oxygen atoms in total. The van der Waals surface area contributed by atoms with Crippen LogP contribution in [0.25, 0.3) is 5.52 Å². The van der Waals surface area contributed by atoms with Gasteiger partial charge in [-0.05, 0) is 37.6 Å². The molecule has 1 saturated heterocycles. The SMILES string of the molecule is COc1ccn2nc(N(CCCCN3CCN(c4cccc(Cl)c4Cl)CC3)C(N)=O)cc2c1. The number of nitrogens with zero attached hydrogens (tertiary/aromatic N) is 5. The molecule has 0 aliphatic carbocycles. The van der Waals surface area contributed by atoms with Crippen molar-refractivity contribution in [1.29, 1.82) is 0 Å². The molecule has 0 saturated carbocycles. The van der Waals surface area contributed by atoms with Gasteiger partial charge in [0.2, 0.25) is 0 Å². The van der Waals surface area contributed by atoms with E-state index in [9.17, 15) is 4.79 Å². The summed E-state index contributed by atoms with van der Waals surface area (Å²) in [6.45, 7) is 5.20. The van der Waals surface area contributed by atoms with Crippen LogP contribution in [0, 0.1) is 0 Å². The summed E-state index contributed by atoms with van der Waals surface area (Å²) in [5.74, 6) is 1.28. The Morgan fingerprint density at radius 2 is 1.94 bits per heavy atom. The number of primary amides is 1. The van der Waals surface area contributed by atoms with E-state index < -0.39 is 6.03 Å². The van der Waals surface area contributed by atoms with Gasteiger partial charge in [-0.2, -0.15) is 0 Å². The first-order valence-corrected chi connectivity index (χ1v) is 11.7. The molecule has 1 aliphatic heterocycles. The zero-order chi connectivity index (χ0) is 23.4. The van der Waals surface area contributed by atoms with Gasteiger partial charge in [0.05, 0.1) is 28.4 Å². The van der Waals surface area contributed by atoms with Crippen molar-refractivity contribution in [2.24, 2.45) is 5.73 Å². The van der Waals surface area contributed by atoms with Crippen LogP contribution in [0.2, 0.25) is 10.0 Å². The smallest absolute Gasteiger partial charge is 0.320 e. The molecule has 0 atom stereocenters. The zero-order valence-corrected chi connectivity index (χ0v) is 20.1. The van der Waals surface area contributed by atoms with E-state index in [4.69, 9.17) is 33.7 Å². The number of amides is 2. The number of hydrogen-bond acceptors (Lipinski definition) is 5. The molecule has 10 heteroatoms. The molecule has 1 aromatic carbocycles. The number of hydrogen-bond donors (Lipinski definition) is 1. The third kappa shape index (κ3) is 5.46. The first kappa shape index (κ1) is 23.5. The van der Waals surface area contributed by atoms with Gasteiger partial charge in [-0.25, -0.2) is 9.31 Å². The average molecular weight is 491 g/mol. The van der Waals surface area contributed by atoms with E-state index in [0.717, 1.165) is 62.5 Å². The van der Waals surface area contributed by atoms with E-state index in [2.05, 4.69) is 14.9 Å². The van der Waals surface area contributed by atoms with Crippen molar-refractivity contribution < 1.29 is 9.53 Å². The molecule has 3 aromatic rings. The van der Waals surface area contributed by atoms with Gasteiger partial charge in [0.1, 0.15) is 5.75 Å². The van der Waals surface area contributed by atoms with Crippen molar-refractivity contribution in [3.05, 3.63) is 52.6 Å². The number of unbranched alkanes of at least 4 members (excludes halogenated alkanes) is 1. The number of carbonyl (C=O) groups is 1. The lowest BCUT2D eigenvalue weighted by atomic mass is 10.2. The Bertz CT molecular complexity index is 1110. The summed E-state index contributed by atoms with van der Waals surface area (Å²) >= 11 is 12.5. The molecule has 3 heterocycles. The molecular formula is C23H28Cl2N6O2. The van der Waals surface area contributed by atoms with Crippen LogP contribution in [0.4, 0.5) is 16.3 Å². The Balaban J connectivity index is 1.26. The number of halogens is 2. The number of ether oxygens (including phenoxy) is 1. The number of carbonyl (C=O) groups excluding carboxylic acids is 1. The second kappa shape index (κ2) is 10.5. The average Bonchev–Trinajstić information content (AvgIpc) is 3.23. The summed E-state index contributed by atoms with van der Waals surface area (Å²) in [5, 5.41) is 5.68. The highest BCUT2D eigenvalue weighted by molar-refractivity contribution is 6.43. The predicted octanol–water partition coefficient (Wildman–Crippen LogP) is 4.14. The lowest BCUT2D eigenvalue weighted by Crippen LogP contribution is -2.46. The van der Waals surface area contributed by atoms with Crippen LogP contribution in [0.15, 0.2) is 42.6 Å². The molecule has 2 amide bonds. The van der Waals surface area contributed by atoms with Crippen LogP contribution in [0.3, 0.4) is 0 Å². The van der Waals surface area contributed by atoms with E-state index >= 15 is 0 Å². The van der Waals surface area contributed by atoms with Crippen LogP contribution in [-0.4, -0.2) is 66.9 Å². The molecular weight excluding hydrogens is 463 g/mol.